The van der Waals surface area contributed by atoms with Crippen molar-refractivity contribution in [3.63, 3.8) is 0 Å². The fourth-order valence-electron chi connectivity index (χ4n) is 4.12. The number of hydrogen-bond donors (Lipinski definition) is 1. The molecule has 0 radical (unpaired) electrons. The summed E-state index contributed by atoms with van der Waals surface area (Å²) in [5, 5.41) is 14.3. The maximum atomic E-state index is 9.85. The van der Waals surface area contributed by atoms with E-state index >= 15 is 0 Å². The lowest BCUT2D eigenvalue weighted by Gasteiger charge is -2.07. The van der Waals surface area contributed by atoms with E-state index in [-0.39, 0.29) is 5.75 Å². The Hall–Kier alpha value is -3.72. The molecular weight excluding hydrogens is 334 g/mol. The molecule has 0 fully saturated rings. The van der Waals surface area contributed by atoms with Crippen molar-refractivity contribution >= 4 is 43.7 Å². The van der Waals surface area contributed by atoms with Gasteiger partial charge in [0.1, 0.15) is 11.3 Å². The predicted octanol–water partition coefficient (Wildman–Crippen LogP) is 6.39. The van der Waals surface area contributed by atoms with Crippen LogP contribution in [0.25, 0.3) is 49.4 Å². The van der Waals surface area contributed by atoms with Gasteiger partial charge in [0.2, 0.25) is 0 Å². The molecule has 0 atom stereocenters. The number of nitrogens with zero attached hydrogens (tertiary/aromatic N) is 1. The van der Waals surface area contributed by atoms with Crippen LogP contribution in [0.2, 0.25) is 0 Å². The van der Waals surface area contributed by atoms with E-state index in [0.717, 1.165) is 38.5 Å². The molecule has 2 heterocycles. The lowest BCUT2D eigenvalue weighted by molar-refractivity contribution is 0.475. The number of aromatic nitrogens is 1. The minimum atomic E-state index is 0.210. The van der Waals surface area contributed by atoms with Crippen molar-refractivity contribution in [3.05, 3.63) is 84.9 Å². The van der Waals surface area contributed by atoms with E-state index in [1.807, 2.05) is 24.3 Å². The highest BCUT2D eigenvalue weighted by Crippen LogP contribution is 2.40. The maximum absolute atomic E-state index is 9.85. The summed E-state index contributed by atoms with van der Waals surface area (Å²) in [6.07, 6.45) is 0. The number of phenolic OH excluding ortho intramolecular Hbond substituents is 1. The smallest absolute Gasteiger partial charge is 0.160 e. The fraction of sp³-hybridized carbons (Fsp3) is 0. The Morgan fingerprint density at radius 3 is 2.30 bits per heavy atom. The third-order valence-corrected chi connectivity index (χ3v) is 5.27. The molecule has 3 heteroatoms. The summed E-state index contributed by atoms with van der Waals surface area (Å²) in [5.41, 5.74) is 4.83. The molecule has 6 rings (SSSR count). The van der Waals surface area contributed by atoms with E-state index in [2.05, 4.69) is 53.1 Å². The number of benzene rings is 4. The highest BCUT2D eigenvalue weighted by atomic mass is 16.3. The quantitative estimate of drug-likeness (QED) is 0.373. The maximum Gasteiger partial charge on any atom is 0.160 e. The lowest BCUT2D eigenvalue weighted by Crippen LogP contribution is -1.93. The molecule has 0 saturated heterocycles. The minimum absolute atomic E-state index is 0.210. The Morgan fingerprint density at radius 1 is 0.667 bits per heavy atom. The average molecular weight is 349 g/mol. The molecule has 0 spiro atoms. The van der Waals surface area contributed by atoms with E-state index in [9.17, 15) is 5.11 Å². The van der Waals surface area contributed by atoms with Crippen molar-refractivity contribution in [2.45, 2.75) is 0 Å². The number of hydrogen-bond acceptors (Lipinski definition) is 2. The van der Waals surface area contributed by atoms with Crippen molar-refractivity contribution in [3.8, 4) is 11.4 Å². The topological polar surface area (TPSA) is 38.3 Å². The highest BCUT2D eigenvalue weighted by Gasteiger charge is 2.18. The molecule has 6 aromatic rings. The Bertz CT molecular complexity index is 1470. The molecular formula is C24H15NO2. The molecule has 4 aromatic carbocycles. The van der Waals surface area contributed by atoms with Crippen molar-refractivity contribution in [1.29, 1.82) is 0 Å². The van der Waals surface area contributed by atoms with Gasteiger partial charge in [-0.25, -0.2) is 0 Å². The van der Waals surface area contributed by atoms with Gasteiger partial charge in [0.15, 0.2) is 5.58 Å². The molecule has 3 nitrogen and oxygen atoms in total. The Labute approximate surface area is 154 Å². The molecule has 0 bridgehead atoms. The van der Waals surface area contributed by atoms with Gasteiger partial charge in [-0.3, -0.25) is 0 Å². The number of fused-ring (bicyclic) bond motifs is 7. The van der Waals surface area contributed by atoms with Crippen LogP contribution in [-0.4, -0.2) is 9.67 Å². The summed E-state index contributed by atoms with van der Waals surface area (Å²) in [4.78, 5) is 0. The second-order valence-corrected chi connectivity index (χ2v) is 6.81. The summed E-state index contributed by atoms with van der Waals surface area (Å²) >= 11 is 0. The van der Waals surface area contributed by atoms with Gasteiger partial charge in [-0.05, 0) is 36.4 Å². The number of phenols is 1. The molecule has 1 N–H and O–H groups in total. The monoisotopic (exact) mass is 349 g/mol. The molecule has 128 valence electrons. The Balaban J connectivity index is 1.90. The van der Waals surface area contributed by atoms with Gasteiger partial charge in [0, 0.05) is 33.3 Å². The third kappa shape index (κ3) is 1.91. The zero-order chi connectivity index (χ0) is 18.0. The van der Waals surface area contributed by atoms with Crippen LogP contribution in [0.15, 0.2) is 89.3 Å². The molecule has 27 heavy (non-hydrogen) atoms. The summed E-state index contributed by atoms with van der Waals surface area (Å²) in [6.45, 7) is 0. The minimum Gasteiger partial charge on any atom is -0.508 e. The van der Waals surface area contributed by atoms with E-state index < -0.39 is 0 Å². The summed E-state index contributed by atoms with van der Waals surface area (Å²) in [6, 6.07) is 28.3. The van der Waals surface area contributed by atoms with Gasteiger partial charge >= 0.3 is 0 Å². The van der Waals surface area contributed by atoms with Gasteiger partial charge in [-0.15, -0.1) is 0 Å². The van der Waals surface area contributed by atoms with Gasteiger partial charge in [-0.2, -0.15) is 0 Å². The number of furan rings is 1. The van der Waals surface area contributed by atoms with Gasteiger partial charge in [-0.1, -0.05) is 42.5 Å². The zero-order valence-corrected chi connectivity index (χ0v) is 14.4. The van der Waals surface area contributed by atoms with Crippen molar-refractivity contribution < 1.29 is 9.52 Å². The summed E-state index contributed by atoms with van der Waals surface area (Å²) < 4.78 is 8.52. The van der Waals surface area contributed by atoms with Crippen LogP contribution in [0.4, 0.5) is 0 Å². The Kier molecular flexibility index (Phi) is 2.75. The molecule has 0 saturated carbocycles. The van der Waals surface area contributed by atoms with Crippen LogP contribution in [-0.2, 0) is 0 Å². The third-order valence-electron chi connectivity index (χ3n) is 5.27. The van der Waals surface area contributed by atoms with Crippen LogP contribution < -0.4 is 0 Å². The number of rotatable bonds is 1. The van der Waals surface area contributed by atoms with Crippen molar-refractivity contribution in [1.82, 2.24) is 4.57 Å². The first-order valence-electron chi connectivity index (χ1n) is 8.94. The highest BCUT2D eigenvalue weighted by molar-refractivity contribution is 6.21. The number of para-hydroxylation sites is 2. The molecule has 0 aliphatic heterocycles. The van der Waals surface area contributed by atoms with Gasteiger partial charge in [0.05, 0.1) is 11.0 Å². The standard InChI is InChI=1S/C24H15NO2/c26-16-10-11-18-20-13-12-19-17-8-4-5-9-21(17)25(15-6-2-1-3-7-15)23(19)24(20)27-22(18)14-16/h1-14,26H. The fourth-order valence-corrected chi connectivity index (χ4v) is 4.12. The van der Waals surface area contributed by atoms with Crippen LogP contribution in [0.3, 0.4) is 0 Å². The van der Waals surface area contributed by atoms with E-state index in [4.69, 9.17) is 4.42 Å². The average Bonchev–Trinajstić information content (AvgIpc) is 3.23. The first-order chi connectivity index (χ1) is 13.3. The zero-order valence-electron chi connectivity index (χ0n) is 14.4. The molecule has 0 amide bonds. The van der Waals surface area contributed by atoms with Crippen LogP contribution in [0.1, 0.15) is 0 Å². The van der Waals surface area contributed by atoms with E-state index in [0.29, 0.717) is 5.58 Å². The summed E-state index contributed by atoms with van der Waals surface area (Å²) in [5.74, 6) is 0.210. The molecule has 2 aromatic heterocycles. The van der Waals surface area contributed by atoms with E-state index in [1.54, 1.807) is 12.1 Å². The Morgan fingerprint density at radius 2 is 1.41 bits per heavy atom. The van der Waals surface area contributed by atoms with Crippen LogP contribution >= 0.6 is 0 Å². The van der Waals surface area contributed by atoms with Crippen molar-refractivity contribution in [2.24, 2.45) is 0 Å². The normalized spacial score (nSPS) is 11.9. The molecule has 0 aliphatic rings. The lowest BCUT2D eigenvalue weighted by atomic mass is 10.1. The van der Waals surface area contributed by atoms with Gasteiger partial charge < -0.3 is 14.1 Å². The van der Waals surface area contributed by atoms with Gasteiger partial charge in [0.25, 0.3) is 0 Å². The van der Waals surface area contributed by atoms with Crippen molar-refractivity contribution in [2.75, 3.05) is 0 Å². The second-order valence-electron chi connectivity index (χ2n) is 6.81. The summed E-state index contributed by atoms with van der Waals surface area (Å²) in [7, 11) is 0. The first-order valence-corrected chi connectivity index (χ1v) is 8.94. The van der Waals surface area contributed by atoms with E-state index in [1.165, 1.54) is 5.39 Å². The SMILES string of the molecule is Oc1ccc2c(c1)oc1c2ccc2c3ccccc3n(-c3ccccc3)c21. The number of aromatic hydroxyl groups is 1. The predicted molar refractivity (Wildman–Crippen MR) is 110 cm³/mol. The second kappa shape index (κ2) is 5.15. The largest absolute Gasteiger partial charge is 0.508 e. The molecule has 0 unspecified atom stereocenters. The van der Waals surface area contributed by atoms with Crippen LogP contribution in [0, 0.1) is 0 Å². The first kappa shape index (κ1) is 14.4. The van der Waals surface area contributed by atoms with Crippen LogP contribution in [0.5, 0.6) is 5.75 Å². The molecule has 0 aliphatic carbocycles.